The maximum atomic E-state index is 13.4. The maximum absolute atomic E-state index is 13.4. The fourth-order valence-electron chi connectivity index (χ4n) is 3.97. The van der Waals surface area contributed by atoms with Crippen LogP contribution in [-0.4, -0.2) is 56.0 Å². The van der Waals surface area contributed by atoms with Gasteiger partial charge in [0.25, 0.3) is 0 Å². The second kappa shape index (κ2) is 8.99. The SMILES string of the molecule is COc1ccc(OC)c(C2CN(C(C)=O)CC2C(=O)N(C)Cc2ccccc2)c1. The Bertz CT molecular complexity index is 868. The van der Waals surface area contributed by atoms with Crippen LogP contribution in [-0.2, 0) is 16.1 Å². The van der Waals surface area contributed by atoms with E-state index in [1.54, 1.807) is 30.9 Å². The predicted molar refractivity (Wildman–Crippen MR) is 111 cm³/mol. The van der Waals surface area contributed by atoms with Gasteiger partial charge >= 0.3 is 0 Å². The number of nitrogens with zero attached hydrogens (tertiary/aromatic N) is 2. The number of amides is 2. The van der Waals surface area contributed by atoms with Gasteiger partial charge in [-0.15, -0.1) is 0 Å². The monoisotopic (exact) mass is 396 g/mol. The molecule has 6 heteroatoms. The van der Waals surface area contributed by atoms with E-state index in [0.29, 0.717) is 31.1 Å². The van der Waals surface area contributed by atoms with Crippen LogP contribution in [0, 0.1) is 5.92 Å². The molecule has 2 unspecified atom stereocenters. The molecule has 1 saturated heterocycles. The lowest BCUT2D eigenvalue weighted by Gasteiger charge is -2.25. The molecule has 6 nitrogen and oxygen atoms in total. The topological polar surface area (TPSA) is 59.1 Å². The molecule has 2 aromatic carbocycles. The first-order valence-corrected chi connectivity index (χ1v) is 9.71. The zero-order valence-corrected chi connectivity index (χ0v) is 17.4. The van der Waals surface area contributed by atoms with E-state index in [1.165, 1.54) is 0 Å². The van der Waals surface area contributed by atoms with Crippen molar-refractivity contribution in [3.05, 3.63) is 59.7 Å². The van der Waals surface area contributed by atoms with Gasteiger partial charge in [0.2, 0.25) is 11.8 Å². The molecule has 0 spiro atoms. The van der Waals surface area contributed by atoms with Gasteiger partial charge < -0.3 is 19.3 Å². The van der Waals surface area contributed by atoms with Crippen LogP contribution < -0.4 is 9.47 Å². The minimum absolute atomic E-state index is 0.0208. The molecule has 0 saturated carbocycles. The van der Waals surface area contributed by atoms with E-state index in [2.05, 4.69) is 0 Å². The Morgan fingerprint density at radius 3 is 2.41 bits per heavy atom. The van der Waals surface area contributed by atoms with Crippen molar-refractivity contribution in [2.24, 2.45) is 5.92 Å². The fourth-order valence-corrected chi connectivity index (χ4v) is 3.97. The first-order chi connectivity index (χ1) is 13.9. The number of carbonyl (C=O) groups is 2. The summed E-state index contributed by atoms with van der Waals surface area (Å²) in [5, 5.41) is 0. The van der Waals surface area contributed by atoms with Gasteiger partial charge in [0.1, 0.15) is 11.5 Å². The molecule has 2 amide bonds. The normalized spacial score (nSPS) is 18.4. The van der Waals surface area contributed by atoms with Crippen molar-refractivity contribution in [1.29, 1.82) is 0 Å². The molecule has 0 radical (unpaired) electrons. The lowest BCUT2D eigenvalue weighted by molar-refractivity contribution is -0.135. The summed E-state index contributed by atoms with van der Waals surface area (Å²) in [5.41, 5.74) is 1.96. The molecule has 0 N–H and O–H groups in total. The Labute approximate surface area is 172 Å². The Balaban J connectivity index is 1.90. The third-order valence-electron chi connectivity index (χ3n) is 5.56. The second-order valence-electron chi connectivity index (χ2n) is 7.42. The van der Waals surface area contributed by atoms with Crippen LogP contribution >= 0.6 is 0 Å². The van der Waals surface area contributed by atoms with E-state index in [4.69, 9.17) is 9.47 Å². The summed E-state index contributed by atoms with van der Waals surface area (Å²) in [5.74, 6) is 0.893. The predicted octanol–water partition coefficient (Wildman–Crippen LogP) is 2.92. The van der Waals surface area contributed by atoms with Crippen molar-refractivity contribution in [3.8, 4) is 11.5 Å². The van der Waals surface area contributed by atoms with Gasteiger partial charge in [-0.3, -0.25) is 9.59 Å². The quantitative estimate of drug-likeness (QED) is 0.753. The summed E-state index contributed by atoms with van der Waals surface area (Å²) >= 11 is 0. The van der Waals surface area contributed by atoms with Gasteiger partial charge in [0, 0.05) is 45.1 Å². The Hall–Kier alpha value is -3.02. The van der Waals surface area contributed by atoms with E-state index in [9.17, 15) is 9.59 Å². The molecule has 154 valence electrons. The molecular weight excluding hydrogens is 368 g/mol. The van der Waals surface area contributed by atoms with E-state index < -0.39 is 0 Å². The molecule has 0 aromatic heterocycles. The van der Waals surface area contributed by atoms with Crippen LogP contribution in [0.2, 0.25) is 0 Å². The van der Waals surface area contributed by atoms with Gasteiger partial charge in [-0.05, 0) is 23.8 Å². The summed E-state index contributed by atoms with van der Waals surface area (Å²) in [6.07, 6.45) is 0. The first-order valence-electron chi connectivity index (χ1n) is 9.71. The molecule has 1 aliphatic rings. The standard InChI is InChI=1S/C23H28N2O4/c1-16(26)25-14-20(19-12-18(28-3)10-11-22(19)29-4)21(15-25)23(27)24(2)13-17-8-6-5-7-9-17/h5-12,20-21H,13-15H2,1-4H3. The van der Waals surface area contributed by atoms with Gasteiger partial charge in [-0.25, -0.2) is 0 Å². The highest BCUT2D eigenvalue weighted by Gasteiger charge is 2.42. The molecule has 0 aliphatic carbocycles. The zero-order chi connectivity index (χ0) is 21.0. The third-order valence-corrected chi connectivity index (χ3v) is 5.56. The van der Waals surface area contributed by atoms with Crippen LogP contribution in [0.1, 0.15) is 24.0 Å². The summed E-state index contributed by atoms with van der Waals surface area (Å²) < 4.78 is 10.9. The minimum atomic E-state index is -0.339. The van der Waals surface area contributed by atoms with Gasteiger partial charge in [0.05, 0.1) is 20.1 Å². The van der Waals surface area contributed by atoms with Crippen LogP contribution in [0.3, 0.4) is 0 Å². The third kappa shape index (κ3) is 4.53. The molecule has 0 bridgehead atoms. The van der Waals surface area contributed by atoms with Crippen molar-refractivity contribution in [2.75, 3.05) is 34.4 Å². The largest absolute Gasteiger partial charge is 0.497 e. The van der Waals surface area contributed by atoms with E-state index in [0.717, 1.165) is 11.1 Å². The van der Waals surface area contributed by atoms with Gasteiger partial charge in [-0.1, -0.05) is 30.3 Å². The van der Waals surface area contributed by atoms with Crippen LogP contribution in [0.5, 0.6) is 11.5 Å². The zero-order valence-electron chi connectivity index (χ0n) is 17.4. The molecule has 29 heavy (non-hydrogen) atoms. The number of carbonyl (C=O) groups excluding carboxylic acids is 2. The number of ether oxygens (including phenoxy) is 2. The second-order valence-corrected chi connectivity index (χ2v) is 7.42. The average molecular weight is 396 g/mol. The maximum Gasteiger partial charge on any atom is 0.228 e. The number of hydrogen-bond acceptors (Lipinski definition) is 4. The molecule has 1 heterocycles. The Morgan fingerprint density at radius 2 is 1.79 bits per heavy atom. The van der Waals surface area contributed by atoms with Crippen molar-refractivity contribution in [1.82, 2.24) is 9.80 Å². The van der Waals surface area contributed by atoms with E-state index >= 15 is 0 Å². The van der Waals surface area contributed by atoms with Crippen molar-refractivity contribution in [3.63, 3.8) is 0 Å². The van der Waals surface area contributed by atoms with E-state index in [1.807, 2.05) is 55.6 Å². The molecule has 1 aliphatic heterocycles. The highest BCUT2D eigenvalue weighted by atomic mass is 16.5. The molecule has 2 aromatic rings. The number of rotatable bonds is 6. The van der Waals surface area contributed by atoms with E-state index in [-0.39, 0.29) is 23.7 Å². The summed E-state index contributed by atoms with van der Waals surface area (Å²) in [6, 6.07) is 15.5. The molecular formula is C23H28N2O4. The average Bonchev–Trinajstić information content (AvgIpc) is 3.19. The highest BCUT2D eigenvalue weighted by molar-refractivity contribution is 5.83. The fraction of sp³-hybridized carbons (Fsp3) is 0.391. The molecule has 2 atom stereocenters. The minimum Gasteiger partial charge on any atom is -0.497 e. The lowest BCUT2D eigenvalue weighted by Crippen LogP contribution is -2.36. The number of likely N-dealkylation sites (tertiary alicyclic amines) is 1. The number of methoxy groups -OCH3 is 2. The van der Waals surface area contributed by atoms with Crippen LogP contribution in [0.15, 0.2) is 48.5 Å². The summed E-state index contributed by atoms with van der Waals surface area (Å²) in [6.45, 7) is 2.95. The molecule has 3 rings (SSSR count). The van der Waals surface area contributed by atoms with Crippen molar-refractivity contribution >= 4 is 11.8 Å². The van der Waals surface area contributed by atoms with Crippen molar-refractivity contribution < 1.29 is 19.1 Å². The Morgan fingerprint density at radius 1 is 1.07 bits per heavy atom. The Kier molecular flexibility index (Phi) is 6.42. The first kappa shape index (κ1) is 20.7. The molecule has 1 fully saturated rings. The summed E-state index contributed by atoms with van der Waals surface area (Å²) in [7, 11) is 5.03. The van der Waals surface area contributed by atoms with Gasteiger partial charge in [-0.2, -0.15) is 0 Å². The van der Waals surface area contributed by atoms with Crippen molar-refractivity contribution in [2.45, 2.75) is 19.4 Å². The van der Waals surface area contributed by atoms with Crippen LogP contribution in [0.25, 0.3) is 0 Å². The van der Waals surface area contributed by atoms with Crippen LogP contribution in [0.4, 0.5) is 0 Å². The van der Waals surface area contributed by atoms with Gasteiger partial charge in [0.15, 0.2) is 0 Å². The highest BCUT2D eigenvalue weighted by Crippen LogP contribution is 2.40. The number of benzene rings is 2. The summed E-state index contributed by atoms with van der Waals surface area (Å²) in [4.78, 5) is 28.9. The number of hydrogen-bond donors (Lipinski definition) is 0. The lowest BCUT2D eigenvalue weighted by atomic mass is 9.87. The smallest absolute Gasteiger partial charge is 0.228 e.